The molecule has 94 valence electrons. The minimum atomic E-state index is -0.193. The normalized spacial score (nSPS) is 19.9. The number of benzene rings is 1. The molecule has 1 unspecified atom stereocenters. The van der Waals surface area contributed by atoms with Crippen LogP contribution in [-0.2, 0) is 4.74 Å². The Morgan fingerprint density at radius 2 is 2.29 bits per heavy atom. The fourth-order valence-electron chi connectivity index (χ4n) is 1.80. The lowest BCUT2D eigenvalue weighted by atomic mass is 10.2. The van der Waals surface area contributed by atoms with Gasteiger partial charge in [0.15, 0.2) is 17.8 Å². The monoisotopic (exact) mass is 238 g/mol. The summed E-state index contributed by atoms with van der Waals surface area (Å²) in [6.45, 7) is 3.15. The molecule has 4 heteroatoms. The molecule has 1 heterocycles. The van der Waals surface area contributed by atoms with Crippen LogP contribution >= 0.6 is 0 Å². The van der Waals surface area contributed by atoms with Crippen molar-refractivity contribution in [2.75, 3.05) is 13.2 Å². The molecule has 4 nitrogen and oxygen atoms in total. The lowest BCUT2D eigenvalue weighted by Gasteiger charge is -2.23. The number of ether oxygens (including phenoxy) is 3. The average Bonchev–Trinajstić information content (AvgIpc) is 2.34. The minimum absolute atomic E-state index is 0.0974. The van der Waals surface area contributed by atoms with Gasteiger partial charge in [-0.1, -0.05) is 0 Å². The van der Waals surface area contributed by atoms with E-state index in [0.29, 0.717) is 18.1 Å². The number of hydrogen-bond donors (Lipinski definition) is 1. The number of hydrogen-bond acceptors (Lipinski definition) is 4. The van der Waals surface area contributed by atoms with Crippen LogP contribution in [0.5, 0.6) is 17.2 Å². The van der Waals surface area contributed by atoms with E-state index in [-0.39, 0.29) is 12.0 Å². The van der Waals surface area contributed by atoms with E-state index < -0.39 is 0 Å². The summed E-state index contributed by atoms with van der Waals surface area (Å²) < 4.78 is 16.3. The molecule has 1 aromatic carbocycles. The van der Waals surface area contributed by atoms with Crippen molar-refractivity contribution >= 4 is 0 Å². The zero-order valence-electron chi connectivity index (χ0n) is 10.0. The summed E-state index contributed by atoms with van der Waals surface area (Å²) in [5.41, 5.74) is 0. The van der Waals surface area contributed by atoms with E-state index >= 15 is 0 Å². The maximum absolute atomic E-state index is 9.71. The molecule has 1 atom stereocenters. The number of phenolic OH excluding ortho intramolecular Hbond substituents is 1. The van der Waals surface area contributed by atoms with Crippen LogP contribution in [0.4, 0.5) is 0 Å². The molecule has 1 aromatic rings. The van der Waals surface area contributed by atoms with E-state index in [1.807, 2.05) is 6.92 Å². The predicted octanol–water partition coefficient (Wildman–Crippen LogP) is 2.70. The second-order valence-electron chi connectivity index (χ2n) is 3.98. The van der Waals surface area contributed by atoms with Gasteiger partial charge < -0.3 is 19.3 Å². The van der Waals surface area contributed by atoms with Crippen LogP contribution < -0.4 is 9.47 Å². The summed E-state index contributed by atoms with van der Waals surface area (Å²) in [5.74, 6) is 1.18. The molecule has 0 spiro atoms. The molecule has 1 aliphatic rings. The summed E-state index contributed by atoms with van der Waals surface area (Å²) >= 11 is 0. The molecular formula is C13H18O4. The molecule has 0 saturated carbocycles. The van der Waals surface area contributed by atoms with Gasteiger partial charge in [0, 0.05) is 12.5 Å². The van der Waals surface area contributed by atoms with Crippen molar-refractivity contribution < 1.29 is 19.3 Å². The zero-order valence-corrected chi connectivity index (χ0v) is 10.0. The maximum atomic E-state index is 9.71. The Labute approximate surface area is 101 Å². The average molecular weight is 238 g/mol. The first kappa shape index (κ1) is 12.0. The van der Waals surface area contributed by atoms with Crippen molar-refractivity contribution in [3.05, 3.63) is 18.2 Å². The van der Waals surface area contributed by atoms with E-state index in [1.165, 1.54) is 0 Å². The molecule has 1 fully saturated rings. The van der Waals surface area contributed by atoms with Crippen molar-refractivity contribution in [1.29, 1.82) is 0 Å². The van der Waals surface area contributed by atoms with Gasteiger partial charge in [0.2, 0.25) is 0 Å². The molecule has 17 heavy (non-hydrogen) atoms. The second-order valence-corrected chi connectivity index (χ2v) is 3.98. The van der Waals surface area contributed by atoms with Crippen molar-refractivity contribution in [3.8, 4) is 17.2 Å². The van der Waals surface area contributed by atoms with Gasteiger partial charge in [-0.3, -0.25) is 0 Å². The molecule has 0 radical (unpaired) electrons. The summed E-state index contributed by atoms with van der Waals surface area (Å²) in [7, 11) is 0. The van der Waals surface area contributed by atoms with Gasteiger partial charge in [-0.05, 0) is 31.9 Å². The topological polar surface area (TPSA) is 47.9 Å². The molecule has 1 saturated heterocycles. The molecule has 0 aliphatic carbocycles. The zero-order chi connectivity index (χ0) is 12.1. The highest BCUT2D eigenvalue weighted by atomic mass is 16.7. The Balaban J connectivity index is 1.98. The lowest BCUT2D eigenvalue weighted by molar-refractivity contribution is -0.105. The van der Waals surface area contributed by atoms with Gasteiger partial charge in [0.1, 0.15) is 5.75 Å². The van der Waals surface area contributed by atoms with Crippen LogP contribution in [0.15, 0.2) is 18.2 Å². The second kappa shape index (κ2) is 5.77. The first-order chi connectivity index (χ1) is 8.29. The van der Waals surface area contributed by atoms with Gasteiger partial charge in [-0.25, -0.2) is 0 Å². The Morgan fingerprint density at radius 1 is 1.41 bits per heavy atom. The summed E-state index contributed by atoms with van der Waals surface area (Å²) in [5, 5.41) is 9.71. The third kappa shape index (κ3) is 3.27. The van der Waals surface area contributed by atoms with Crippen molar-refractivity contribution in [2.45, 2.75) is 32.5 Å². The Hall–Kier alpha value is -1.42. The van der Waals surface area contributed by atoms with Crippen LogP contribution in [0.25, 0.3) is 0 Å². The van der Waals surface area contributed by atoms with Gasteiger partial charge in [0.25, 0.3) is 0 Å². The SMILES string of the molecule is CCOc1ccc(OC2CCCCO2)cc1O. The molecule has 1 N–H and O–H groups in total. The Bertz CT molecular complexity index is 358. The minimum Gasteiger partial charge on any atom is -0.504 e. The van der Waals surface area contributed by atoms with Gasteiger partial charge in [0.05, 0.1) is 13.2 Å². The lowest BCUT2D eigenvalue weighted by Crippen LogP contribution is -2.24. The fraction of sp³-hybridized carbons (Fsp3) is 0.538. The van der Waals surface area contributed by atoms with E-state index in [0.717, 1.165) is 25.9 Å². The van der Waals surface area contributed by atoms with Gasteiger partial charge >= 0.3 is 0 Å². The maximum Gasteiger partial charge on any atom is 0.199 e. The van der Waals surface area contributed by atoms with E-state index in [1.54, 1.807) is 18.2 Å². The first-order valence-corrected chi connectivity index (χ1v) is 6.03. The van der Waals surface area contributed by atoms with Crippen LogP contribution in [0.1, 0.15) is 26.2 Å². The van der Waals surface area contributed by atoms with Crippen LogP contribution in [-0.4, -0.2) is 24.6 Å². The predicted molar refractivity (Wildman–Crippen MR) is 63.5 cm³/mol. The molecule has 0 amide bonds. The quantitative estimate of drug-likeness (QED) is 0.876. The fourth-order valence-corrected chi connectivity index (χ4v) is 1.80. The Morgan fingerprint density at radius 3 is 2.94 bits per heavy atom. The van der Waals surface area contributed by atoms with Crippen molar-refractivity contribution in [2.24, 2.45) is 0 Å². The van der Waals surface area contributed by atoms with E-state index in [2.05, 4.69) is 0 Å². The molecule has 1 aliphatic heterocycles. The van der Waals surface area contributed by atoms with E-state index in [9.17, 15) is 5.11 Å². The van der Waals surface area contributed by atoms with Crippen molar-refractivity contribution in [3.63, 3.8) is 0 Å². The standard InChI is InChI=1S/C13H18O4/c1-2-15-12-7-6-10(9-11(12)14)17-13-5-3-4-8-16-13/h6-7,9,13-14H,2-5,8H2,1H3. The number of rotatable bonds is 4. The summed E-state index contributed by atoms with van der Waals surface area (Å²) in [6, 6.07) is 5.04. The van der Waals surface area contributed by atoms with Crippen LogP contribution in [0.2, 0.25) is 0 Å². The van der Waals surface area contributed by atoms with Crippen molar-refractivity contribution in [1.82, 2.24) is 0 Å². The highest BCUT2D eigenvalue weighted by molar-refractivity contribution is 5.44. The first-order valence-electron chi connectivity index (χ1n) is 6.03. The van der Waals surface area contributed by atoms with Gasteiger partial charge in [-0.2, -0.15) is 0 Å². The highest BCUT2D eigenvalue weighted by Crippen LogP contribution is 2.31. The van der Waals surface area contributed by atoms with Crippen LogP contribution in [0.3, 0.4) is 0 Å². The molecular weight excluding hydrogens is 220 g/mol. The summed E-state index contributed by atoms with van der Waals surface area (Å²) in [4.78, 5) is 0. The van der Waals surface area contributed by atoms with Gasteiger partial charge in [-0.15, -0.1) is 0 Å². The largest absolute Gasteiger partial charge is 0.504 e. The summed E-state index contributed by atoms with van der Waals surface area (Å²) in [6.07, 6.45) is 2.91. The smallest absolute Gasteiger partial charge is 0.199 e. The molecule has 0 bridgehead atoms. The molecule has 0 aromatic heterocycles. The third-order valence-corrected chi connectivity index (χ3v) is 2.64. The van der Waals surface area contributed by atoms with Crippen LogP contribution in [0, 0.1) is 0 Å². The Kier molecular flexibility index (Phi) is 4.09. The number of phenols is 1. The third-order valence-electron chi connectivity index (χ3n) is 2.64. The number of aromatic hydroxyl groups is 1. The van der Waals surface area contributed by atoms with E-state index in [4.69, 9.17) is 14.2 Å². The molecule has 2 rings (SSSR count). The highest BCUT2D eigenvalue weighted by Gasteiger charge is 2.15.